The van der Waals surface area contributed by atoms with Crippen LogP contribution in [0.1, 0.15) is 40.7 Å². The maximum absolute atomic E-state index is 12.3. The molecule has 32 heavy (non-hydrogen) atoms. The largest absolute Gasteiger partial charge is 0.448 e. The van der Waals surface area contributed by atoms with Crippen LogP contribution in [0, 0.1) is 17.9 Å². The molecule has 3 rings (SSSR count). The molecular formula is C22H22N6O3S. The second-order valence-corrected chi connectivity index (χ2v) is 8.37. The number of hydrogen-bond acceptors (Lipinski definition) is 7. The first-order valence-electron chi connectivity index (χ1n) is 9.87. The predicted octanol–water partition coefficient (Wildman–Crippen LogP) is 3.23. The third kappa shape index (κ3) is 5.10. The molecule has 1 atom stereocenters. The summed E-state index contributed by atoms with van der Waals surface area (Å²) in [5.41, 5.74) is 12.6. The van der Waals surface area contributed by atoms with Gasteiger partial charge in [-0.2, -0.15) is 5.26 Å². The van der Waals surface area contributed by atoms with Gasteiger partial charge in [0.15, 0.2) is 0 Å². The maximum Gasteiger partial charge on any atom is 0.404 e. The number of pyridine rings is 1. The molecule has 0 bridgehead atoms. The Labute approximate surface area is 190 Å². The zero-order chi connectivity index (χ0) is 23.3. The van der Waals surface area contributed by atoms with Gasteiger partial charge in [0.1, 0.15) is 28.8 Å². The number of amides is 2. The molecule has 1 unspecified atom stereocenters. The molecule has 1 aliphatic carbocycles. The lowest BCUT2D eigenvalue weighted by molar-refractivity contribution is -0.117. The highest BCUT2D eigenvalue weighted by Gasteiger charge is 2.34. The fraction of sp³-hybridized carbons (Fsp3) is 0.318. The average molecular weight is 451 g/mol. The molecule has 4 N–H and O–H groups in total. The number of primary amides is 2. The number of thioether (sulfide) groups is 1. The first-order chi connectivity index (χ1) is 15.4. The summed E-state index contributed by atoms with van der Waals surface area (Å²) in [5, 5.41) is 9.53. The summed E-state index contributed by atoms with van der Waals surface area (Å²) in [7, 11) is 1.71. The highest BCUT2D eigenvalue weighted by atomic mass is 32.2. The van der Waals surface area contributed by atoms with E-state index < -0.39 is 17.3 Å². The van der Waals surface area contributed by atoms with Crippen molar-refractivity contribution in [1.29, 1.82) is 5.26 Å². The van der Waals surface area contributed by atoms with Crippen LogP contribution in [0.2, 0.25) is 0 Å². The number of benzene rings is 1. The summed E-state index contributed by atoms with van der Waals surface area (Å²) in [5.74, 6) is -0.111. The van der Waals surface area contributed by atoms with Crippen LogP contribution < -0.4 is 16.4 Å². The van der Waals surface area contributed by atoms with Crippen LogP contribution in [0.4, 0.5) is 16.3 Å². The number of nitrogens with zero attached hydrogens (tertiary/aromatic N) is 4. The second-order valence-electron chi connectivity index (χ2n) is 7.28. The summed E-state index contributed by atoms with van der Waals surface area (Å²) >= 11 is 1.10. The second kappa shape index (κ2) is 10.0. The van der Waals surface area contributed by atoms with E-state index in [9.17, 15) is 14.9 Å². The Bertz CT molecular complexity index is 1110. The molecule has 1 heterocycles. The number of nitrogens with two attached hydrogens (primary N) is 2. The highest BCUT2D eigenvalue weighted by Crippen LogP contribution is 2.51. The number of ether oxygens (including phenoxy) is 1. The molecule has 0 spiro atoms. The van der Waals surface area contributed by atoms with Crippen LogP contribution in [0.5, 0.6) is 0 Å². The zero-order valence-electron chi connectivity index (χ0n) is 17.4. The molecule has 2 aromatic rings. The van der Waals surface area contributed by atoms with E-state index in [1.54, 1.807) is 36.2 Å². The van der Waals surface area contributed by atoms with Crippen molar-refractivity contribution in [2.45, 2.75) is 29.0 Å². The smallest absolute Gasteiger partial charge is 0.404 e. The van der Waals surface area contributed by atoms with Crippen molar-refractivity contribution < 1.29 is 14.3 Å². The molecule has 164 valence electrons. The van der Waals surface area contributed by atoms with Crippen molar-refractivity contribution >= 4 is 35.3 Å². The van der Waals surface area contributed by atoms with Gasteiger partial charge < -0.3 is 21.1 Å². The Kier molecular flexibility index (Phi) is 7.18. The van der Waals surface area contributed by atoms with E-state index in [0.29, 0.717) is 33.2 Å². The summed E-state index contributed by atoms with van der Waals surface area (Å²) in [6, 6.07) is 11.2. The number of rotatable bonds is 9. The van der Waals surface area contributed by atoms with Gasteiger partial charge in [-0.3, -0.25) is 4.79 Å². The zero-order valence-corrected chi connectivity index (χ0v) is 18.3. The van der Waals surface area contributed by atoms with E-state index in [1.165, 1.54) is 0 Å². The van der Waals surface area contributed by atoms with Crippen molar-refractivity contribution in [1.82, 2.24) is 4.98 Å². The van der Waals surface area contributed by atoms with Crippen molar-refractivity contribution in [2.75, 3.05) is 25.1 Å². The van der Waals surface area contributed by atoms with E-state index in [-0.39, 0.29) is 19.1 Å². The van der Waals surface area contributed by atoms with E-state index in [0.717, 1.165) is 24.6 Å². The van der Waals surface area contributed by atoms with Crippen molar-refractivity contribution in [2.24, 2.45) is 11.5 Å². The molecule has 0 radical (unpaired) electrons. The molecule has 9 nitrogen and oxygen atoms in total. The summed E-state index contributed by atoms with van der Waals surface area (Å²) in [6.07, 6.45) is 0.854. The number of aromatic nitrogens is 1. The summed E-state index contributed by atoms with van der Waals surface area (Å²) < 4.78 is 4.80. The molecule has 1 aromatic carbocycles. The number of carbonyl (C=O) groups is 2. The Balaban J connectivity index is 2.08. The van der Waals surface area contributed by atoms with E-state index >= 15 is 0 Å². The van der Waals surface area contributed by atoms with E-state index in [1.807, 2.05) is 6.07 Å². The van der Waals surface area contributed by atoms with Crippen LogP contribution in [-0.4, -0.2) is 37.2 Å². The number of nitriles is 1. The van der Waals surface area contributed by atoms with Crippen LogP contribution in [0.25, 0.3) is 4.85 Å². The number of hydrogen-bond donors (Lipinski definition) is 2. The molecule has 0 saturated heterocycles. The quantitative estimate of drug-likeness (QED) is 0.441. The third-order valence-corrected chi connectivity index (χ3v) is 6.25. The average Bonchev–Trinajstić information content (AvgIpc) is 3.61. The first kappa shape index (κ1) is 22.9. The maximum atomic E-state index is 12.3. The predicted molar refractivity (Wildman–Crippen MR) is 120 cm³/mol. The lowest BCUT2D eigenvalue weighted by Gasteiger charge is -2.23. The van der Waals surface area contributed by atoms with Crippen LogP contribution in [0.15, 0.2) is 35.4 Å². The Morgan fingerprint density at radius 3 is 2.59 bits per heavy atom. The Hall–Kier alpha value is -3.76. The van der Waals surface area contributed by atoms with Crippen molar-refractivity contribution in [3.63, 3.8) is 0 Å². The minimum absolute atomic E-state index is 0.0140. The SMILES string of the molecule is [C-]#[N+]c1c(N(C)CCOC(N)=O)nc(SC(C(N)=O)c2ccccc2)c(C#N)c1C1CC1. The topological polar surface area (TPSA) is 140 Å². The van der Waals surface area contributed by atoms with Gasteiger partial charge in [0.2, 0.25) is 11.6 Å². The van der Waals surface area contributed by atoms with Crippen LogP contribution in [-0.2, 0) is 9.53 Å². The molecule has 2 amide bonds. The number of likely N-dealkylation sites (N-methyl/N-ethyl adjacent to an activating group) is 1. The molecule has 1 aliphatic rings. The van der Waals surface area contributed by atoms with Crippen molar-refractivity contribution in [3.05, 3.63) is 58.4 Å². The Morgan fingerprint density at radius 1 is 1.38 bits per heavy atom. The minimum Gasteiger partial charge on any atom is -0.448 e. The lowest BCUT2D eigenvalue weighted by atomic mass is 10.0. The third-order valence-electron chi connectivity index (χ3n) is 4.99. The van der Waals surface area contributed by atoms with Crippen molar-refractivity contribution in [3.8, 4) is 6.07 Å². The van der Waals surface area contributed by atoms with E-state index in [2.05, 4.69) is 15.9 Å². The fourth-order valence-corrected chi connectivity index (χ4v) is 4.36. The van der Waals surface area contributed by atoms with Gasteiger partial charge in [-0.05, 0) is 29.9 Å². The normalized spacial score (nSPS) is 13.5. The first-order valence-corrected chi connectivity index (χ1v) is 10.7. The molecule has 1 saturated carbocycles. The standard InChI is InChI=1S/C22H22N6O3S/c1-26-17-16(13-8-9-13)15(12-23)21(27-20(17)28(2)10-11-31-22(25)30)32-18(19(24)29)14-6-4-3-5-7-14/h3-7,13,18H,8-11H2,2H3,(H2,24,29)(H2,25,30). The van der Waals surface area contributed by atoms with Gasteiger partial charge in [0.05, 0.1) is 18.7 Å². The van der Waals surface area contributed by atoms with Gasteiger partial charge >= 0.3 is 6.09 Å². The molecular weight excluding hydrogens is 428 g/mol. The molecule has 0 aliphatic heterocycles. The van der Waals surface area contributed by atoms with Gasteiger partial charge in [0, 0.05) is 7.05 Å². The number of carbonyl (C=O) groups excluding carboxylic acids is 2. The fourth-order valence-electron chi connectivity index (χ4n) is 3.32. The van der Waals surface area contributed by atoms with Gasteiger partial charge in [0.25, 0.3) is 0 Å². The Morgan fingerprint density at radius 2 is 2.06 bits per heavy atom. The van der Waals surface area contributed by atoms with Gasteiger partial charge in [-0.15, -0.1) is 0 Å². The molecule has 1 fully saturated rings. The minimum atomic E-state index is -0.890. The van der Waals surface area contributed by atoms with Crippen LogP contribution in [0.3, 0.4) is 0 Å². The summed E-state index contributed by atoms with van der Waals surface area (Å²) in [6.45, 7) is 7.99. The summed E-state index contributed by atoms with van der Waals surface area (Å²) in [4.78, 5) is 33.1. The monoisotopic (exact) mass is 450 g/mol. The molecule has 1 aromatic heterocycles. The van der Waals surface area contributed by atoms with Gasteiger partial charge in [-0.25, -0.2) is 14.6 Å². The molecule has 10 heteroatoms. The number of anilines is 1. The lowest BCUT2D eigenvalue weighted by Crippen LogP contribution is -2.27. The van der Waals surface area contributed by atoms with Gasteiger partial charge in [-0.1, -0.05) is 42.1 Å². The highest BCUT2D eigenvalue weighted by molar-refractivity contribution is 8.00. The van der Waals surface area contributed by atoms with E-state index in [4.69, 9.17) is 22.8 Å². The van der Waals surface area contributed by atoms with Crippen LogP contribution >= 0.6 is 11.8 Å².